The fourth-order valence-corrected chi connectivity index (χ4v) is 4.72. The predicted octanol–water partition coefficient (Wildman–Crippen LogP) is 1.78. The van der Waals surface area contributed by atoms with E-state index in [0.29, 0.717) is 6.54 Å². The number of carbonyl (C=O) groups is 1. The Bertz CT molecular complexity index is 939. The number of piperazine rings is 1. The summed E-state index contributed by atoms with van der Waals surface area (Å²) in [5, 5.41) is 10.8. The minimum atomic E-state index is -0.380. The Balaban J connectivity index is 1.33. The van der Waals surface area contributed by atoms with Crippen molar-refractivity contribution in [3.8, 4) is 0 Å². The van der Waals surface area contributed by atoms with Gasteiger partial charge in [0.05, 0.1) is 37.2 Å². The number of Topliss-reactive ketones (excluding diaryl/α,β-unsaturated/α-hetero) is 1. The Morgan fingerprint density at radius 3 is 2.55 bits per heavy atom. The van der Waals surface area contributed by atoms with E-state index in [1.807, 2.05) is 13.0 Å². The van der Waals surface area contributed by atoms with Crippen LogP contribution >= 0.6 is 0 Å². The third-order valence-corrected chi connectivity index (χ3v) is 6.59. The number of nitrogens with one attached hydrogen (secondary N) is 1. The molecule has 0 unspecified atom stereocenters. The molecule has 0 radical (unpaired) electrons. The van der Waals surface area contributed by atoms with E-state index in [9.17, 15) is 14.9 Å². The highest BCUT2D eigenvalue weighted by molar-refractivity contribution is 5.98. The summed E-state index contributed by atoms with van der Waals surface area (Å²) in [4.78, 5) is 27.0. The number of carbonyl (C=O) groups excluding carboxylic acids is 1. The molecule has 2 aliphatic heterocycles. The molecular weight excluding hydrogens is 396 g/mol. The summed E-state index contributed by atoms with van der Waals surface area (Å²) in [5.41, 5.74) is 4.10. The Morgan fingerprint density at radius 2 is 1.94 bits per heavy atom. The van der Waals surface area contributed by atoms with Gasteiger partial charge in [-0.05, 0) is 44.9 Å². The second-order valence-corrected chi connectivity index (χ2v) is 8.64. The molecule has 1 atom stereocenters. The maximum absolute atomic E-state index is 13.0. The fourth-order valence-electron chi connectivity index (χ4n) is 4.72. The van der Waals surface area contributed by atoms with Crippen LogP contribution < -0.4 is 9.80 Å². The highest BCUT2D eigenvalue weighted by Crippen LogP contribution is 2.21. The van der Waals surface area contributed by atoms with Crippen LogP contribution in [0, 0.1) is 24.0 Å². The lowest BCUT2D eigenvalue weighted by Gasteiger charge is -2.33. The van der Waals surface area contributed by atoms with Crippen molar-refractivity contribution in [3.63, 3.8) is 0 Å². The zero-order valence-corrected chi connectivity index (χ0v) is 18.3. The van der Waals surface area contributed by atoms with E-state index in [-0.39, 0.29) is 22.5 Å². The van der Waals surface area contributed by atoms with Crippen LogP contribution in [0.25, 0.3) is 0 Å². The van der Waals surface area contributed by atoms with Gasteiger partial charge in [-0.3, -0.25) is 14.9 Å². The first-order chi connectivity index (χ1) is 14.9. The number of benzene rings is 1. The maximum Gasteiger partial charge on any atom is 0.269 e. The van der Waals surface area contributed by atoms with Gasteiger partial charge in [0.1, 0.15) is 6.54 Å². The number of aromatic nitrogens is 1. The van der Waals surface area contributed by atoms with Gasteiger partial charge in [0.25, 0.3) is 5.69 Å². The maximum atomic E-state index is 13.0. The first kappa shape index (κ1) is 21.5. The van der Waals surface area contributed by atoms with E-state index in [1.165, 1.54) is 4.90 Å². The number of rotatable bonds is 7. The number of quaternary nitrogens is 1. The average molecular weight is 428 g/mol. The number of nitrogens with zero attached hydrogens (tertiary/aromatic N) is 3. The lowest BCUT2D eigenvalue weighted by Crippen LogP contribution is -3.15. The lowest BCUT2D eigenvalue weighted by atomic mass is 10.1. The van der Waals surface area contributed by atoms with E-state index in [4.69, 9.17) is 4.74 Å². The molecule has 3 heterocycles. The highest BCUT2D eigenvalue weighted by Gasteiger charge is 2.26. The van der Waals surface area contributed by atoms with E-state index in [0.717, 1.165) is 74.8 Å². The van der Waals surface area contributed by atoms with Crippen molar-refractivity contribution in [3.05, 3.63) is 57.4 Å². The van der Waals surface area contributed by atoms with Crippen molar-refractivity contribution in [2.45, 2.75) is 39.3 Å². The number of hydrogen-bond donors (Lipinski definition) is 1. The monoisotopic (exact) mass is 427 g/mol. The van der Waals surface area contributed by atoms with Crippen LogP contribution in [-0.2, 0) is 11.3 Å². The lowest BCUT2D eigenvalue weighted by molar-refractivity contribution is -0.892. The molecule has 1 aromatic heterocycles. The van der Waals surface area contributed by atoms with Crippen LogP contribution in [-0.4, -0.2) is 60.7 Å². The number of nitro groups is 1. The molecule has 2 aliphatic rings. The topological polar surface area (TPSA) is 82.0 Å². The van der Waals surface area contributed by atoms with Gasteiger partial charge in [0.15, 0.2) is 0 Å². The van der Waals surface area contributed by atoms with E-state index >= 15 is 0 Å². The Morgan fingerprint density at radius 1 is 1.23 bits per heavy atom. The molecule has 2 saturated heterocycles. The quantitative estimate of drug-likeness (QED) is 0.414. The molecule has 2 aromatic rings. The smallest absolute Gasteiger partial charge is 0.269 e. The second-order valence-electron chi connectivity index (χ2n) is 8.64. The molecule has 8 nitrogen and oxygen atoms in total. The number of ketones is 1. The summed E-state index contributed by atoms with van der Waals surface area (Å²) in [6.45, 7) is 9.67. The largest absolute Gasteiger partial charge is 0.376 e. The number of nitro benzene ring substituents is 1. The van der Waals surface area contributed by atoms with Gasteiger partial charge < -0.3 is 19.1 Å². The third-order valence-electron chi connectivity index (χ3n) is 6.59. The molecule has 166 valence electrons. The summed E-state index contributed by atoms with van der Waals surface area (Å²) in [6, 6.07) is 8.72. The summed E-state index contributed by atoms with van der Waals surface area (Å²) < 4.78 is 8.00. The normalized spacial score (nSPS) is 19.7. The molecule has 0 amide bonds. The third kappa shape index (κ3) is 4.80. The number of anilines is 1. The molecule has 2 fully saturated rings. The SMILES string of the molecule is Cc1cc(C(=O)C[NH+]2CCN(c3ccc([N+](=O)[O-])cc3)CC2)c(C)n1C[C@H]1CCCO1. The van der Waals surface area contributed by atoms with Gasteiger partial charge >= 0.3 is 0 Å². The summed E-state index contributed by atoms with van der Waals surface area (Å²) >= 11 is 0. The van der Waals surface area contributed by atoms with E-state index < -0.39 is 0 Å². The number of hydrogen-bond acceptors (Lipinski definition) is 5. The van der Waals surface area contributed by atoms with Crippen LogP contribution in [0.3, 0.4) is 0 Å². The van der Waals surface area contributed by atoms with Crippen molar-refractivity contribution in [2.24, 2.45) is 0 Å². The summed E-state index contributed by atoms with van der Waals surface area (Å²) in [6.07, 6.45) is 2.46. The van der Waals surface area contributed by atoms with Crippen molar-refractivity contribution < 1.29 is 19.4 Å². The van der Waals surface area contributed by atoms with Crippen molar-refractivity contribution >= 4 is 17.2 Å². The second kappa shape index (κ2) is 9.20. The van der Waals surface area contributed by atoms with Gasteiger partial charge in [0, 0.05) is 47.9 Å². The van der Waals surface area contributed by atoms with Gasteiger partial charge in [0.2, 0.25) is 5.78 Å². The van der Waals surface area contributed by atoms with Crippen LogP contribution in [0.15, 0.2) is 30.3 Å². The number of aryl methyl sites for hydroxylation is 1. The molecule has 0 saturated carbocycles. The van der Waals surface area contributed by atoms with Crippen LogP contribution in [0.1, 0.15) is 34.6 Å². The minimum Gasteiger partial charge on any atom is -0.376 e. The molecule has 1 N–H and O–H groups in total. The Hall–Kier alpha value is -2.71. The first-order valence-electron chi connectivity index (χ1n) is 11.1. The highest BCUT2D eigenvalue weighted by atomic mass is 16.6. The first-order valence-corrected chi connectivity index (χ1v) is 11.1. The average Bonchev–Trinajstić information content (AvgIpc) is 3.38. The molecular formula is C23H31N4O4+. The number of ether oxygens (including phenoxy) is 1. The Labute approximate surface area is 182 Å². The van der Waals surface area contributed by atoms with Crippen molar-refractivity contribution in [1.82, 2.24) is 4.57 Å². The van der Waals surface area contributed by atoms with E-state index in [2.05, 4.69) is 16.4 Å². The molecule has 0 aliphatic carbocycles. The predicted molar refractivity (Wildman–Crippen MR) is 118 cm³/mol. The van der Waals surface area contributed by atoms with E-state index in [1.54, 1.807) is 24.3 Å². The van der Waals surface area contributed by atoms with Gasteiger partial charge in [-0.2, -0.15) is 0 Å². The zero-order chi connectivity index (χ0) is 22.0. The molecule has 31 heavy (non-hydrogen) atoms. The molecule has 0 spiro atoms. The summed E-state index contributed by atoms with van der Waals surface area (Å²) in [7, 11) is 0. The summed E-state index contributed by atoms with van der Waals surface area (Å²) in [5.74, 6) is 0.200. The van der Waals surface area contributed by atoms with Crippen LogP contribution in [0.4, 0.5) is 11.4 Å². The molecule has 8 heteroatoms. The molecule has 4 rings (SSSR count). The van der Waals surface area contributed by atoms with Gasteiger partial charge in [-0.1, -0.05) is 0 Å². The Kier molecular flexibility index (Phi) is 6.38. The van der Waals surface area contributed by atoms with Gasteiger partial charge in [-0.25, -0.2) is 0 Å². The standard InChI is InChI=1S/C23H30N4O4/c1-17-14-22(18(2)26(17)15-21-4-3-13-31-21)23(28)16-24-9-11-25(12-10-24)19-5-7-20(8-6-19)27(29)30/h5-8,14,21H,3-4,9-13,15-16H2,1-2H3/p+1/t21-/m1/s1. The van der Waals surface area contributed by atoms with Crippen LogP contribution in [0.2, 0.25) is 0 Å². The molecule has 1 aromatic carbocycles. The molecule has 0 bridgehead atoms. The zero-order valence-electron chi connectivity index (χ0n) is 18.3. The van der Waals surface area contributed by atoms with Gasteiger partial charge in [-0.15, -0.1) is 0 Å². The van der Waals surface area contributed by atoms with Crippen molar-refractivity contribution in [2.75, 3.05) is 44.2 Å². The minimum absolute atomic E-state index is 0.107. The fraction of sp³-hybridized carbons (Fsp3) is 0.522. The van der Waals surface area contributed by atoms with Crippen molar-refractivity contribution in [1.29, 1.82) is 0 Å². The number of non-ortho nitro benzene ring substituents is 1. The van der Waals surface area contributed by atoms with Crippen LogP contribution in [0.5, 0.6) is 0 Å².